The van der Waals surface area contributed by atoms with Crippen LogP contribution in [0.25, 0.3) is 0 Å². The van der Waals surface area contributed by atoms with Gasteiger partial charge in [-0.2, -0.15) is 0 Å². The predicted octanol–water partition coefficient (Wildman–Crippen LogP) is 2.85. The summed E-state index contributed by atoms with van der Waals surface area (Å²) in [7, 11) is 3.93. The van der Waals surface area contributed by atoms with E-state index in [0.29, 0.717) is 5.33 Å². The van der Waals surface area contributed by atoms with E-state index in [1.54, 1.807) is 0 Å². The number of carbonyl (C=O) groups excluding carboxylic acids is 1. The van der Waals surface area contributed by atoms with Gasteiger partial charge >= 0.3 is 0 Å². The zero-order chi connectivity index (χ0) is 12.1. The number of nitrogens with one attached hydrogen (secondary N) is 1. The summed E-state index contributed by atoms with van der Waals surface area (Å²) < 4.78 is 0. The third-order valence-electron chi connectivity index (χ3n) is 2.05. The minimum atomic E-state index is -0.212. The lowest BCUT2D eigenvalue weighted by atomic mass is 10.2. The van der Waals surface area contributed by atoms with Crippen LogP contribution in [0.15, 0.2) is 24.3 Å². The molecular weight excluding hydrogens is 336 g/mol. The molecule has 0 aliphatic rings. The Balaban J connectivity index is 2.74. The lowest BCUT2D eigenvalue weighted by Crippen LogP contribution is -2.23. The molecule has 0 saturated carbocycles. The number of nitrogens with zero attached hydrogens (tertiary/aromatic N) is 1. The number of carbonyl (C=O) groups is 1. The molecule has 0 fully saturated rings. The maximum absolute atomic E-state index is 11.6. The summed E-state index contributed by atoms with van der Waals surface area (Å²) >= 11 is 6.53. The first-order valence-electron chi connectivity index (χ1n) is 4.83. The van der Waals surface area contributed by atoms with Crippen LogP contribution >= 0.6 is 31.9 Å². The molecule has 1 rings (SSSR count). The molecule has 1 N–H and O–H groups in total. The highest BCUT2D eigenvalue weighted by Gasteiger charge is 2.13. The smallest absolute Gasteiger partial charge is 0.239 e. The van der Waals surface area contributed by atoms with Crippen molar-refractivity contribution in [3.63, 3.8) is 0 Å². The fourth-order valence-electron chi connectivity index (χ4n) is 1.15. The summed E-state index contributed by atoms with van der Waals surface area (Å²) in [5, 5.41) is 3.43. The van der Waals surface area contributed by atoms with Crippen molar-refractivity contribution in [2.45, 2.75) is 4.83 Å². The molecule has 0 aliphatic heterocycles. The van der Waals surface area contributed by atoms with Crippen molar-refractivity contribution in [2.24, 2.45) is 0 Å². The Morgan fingerprint density at radius 1 is 1.50 bits per heavy atom. The number of hydrogen-bond acceptors (Lipinski definition) is 2. The molecule has 0 aromatic heterocycles. The second-order valence-corrected chi connectivity index (χ2v) is 5.31. The van der Waals surface area contributed by atoms with E-state index < -0.39 is 0 Å². The number of rotatable bonds is 4. The second-order valence-electron chi connectivity index (χ2n) is 3.56. The predicted molar refractivity (Wildman–Crippen MR) is 75.9 cm³/mol. The van der Waals surface area contributed by atoms with Gasteiger partial charge in [0.25, 0.3) is 0 Å². The lowest BCUT2D eigenvalue weighted by Gasteiger charge is -2.14. The van der Waals surface area contributed by atoms with Gasteiger partial charge in [-0.05, 0) is 18.2 Å². The molecule has 16 heavy (non-hydrogen) atoms. The summed E-state index contributed by atoms with van der Waals surface area (Å²) in [5.74, 6) is -0.0484. The number of anilines is 2. The van der Waals surface area contributed by atoms with E-state index in [2.05, 4.69) is 37.2 Å². The van der Waals surface area contributed by atoms with Crippen molar-refractivity contribution in [1.82, 2.24) is 0 Å². The summed E-state index contributed by atoms with van der Waals surface area (Å²) in [6, 6.07) is 7.72. The molecule has 5 heteroatoms. The highest BCUT2D eigenvalue weighted by molar-refractivity contribution is 9.12. The molecule has 1 unspecified atom stereocenters. The van der Waals surface area contributed by atoms with Crippen LogP contribution in [0.1, 0.15) is 0 Å². The van der Waals surface area contributed by atoms with Gasteiger partial charge in [0.15, 0.2) is 0 Å². The summed E-state index contributed by atoms with van der Waals surface area (Å²) in [6.07, 6.45) is 0. The van der Waals surface area contributed by atoms with Crippen LogP contribution in [0.3, 0.4) is 0 Å². The number of alkyl halides is 2. The Morgan fingerprint density at radius 3 is 2.75 bits per heavy atom. The molecular formula is C11H14Br2N2O. The van der Waals surface area contributed by atoms with Crippen LogP contribution < -0.4 is 10.2 Å². The van der Waals surface area contributed by atoms with E-state index in [1.165, 1.54) is 0 Å². The summed E-state index contributed by atoms with van der Waals surface area (Å²) in [5.41, 5.74) is 1.87. The Kier molecular flexibility index (Phi) is 5.28. The summed E-state index contributed by atoms with van der Waals surface area (Å²) in [6.45, 7) is 0. The fourth-order valence-corrected chi connectivity index (χ4v) is 1.56. The van der Waals surface area contributed by atoms with Crippen LogP contribution in [0, 0.1) is 0 Å². The van der Waals surface area contributed by atoms with Crippen LogP contribution in [0.4, 0.5) is 11.4 Å². The standard InChI is InChI=1S/C11H14Br2N2O/c1-15(2)9-5-3-4-8(6-9)14-11(16)10(13)7-12/h3-6,10H,7H2,1-2H3,(H,14,16). The van der Waals surface area contributed by atoms with Gasteiger partial charge in [0.2, 0.25) is 5.91 Å². The second kappa shape index (κ2) is 6.25. The lowest BCUT2D eigenvalue weighted by molar-refractivity contribution is -0.115. The van der Waals surface area contributed by atoms with Gasteiger partial charge in [-0.1, -0.05) is 37.9 Å². The zero-order valence-corrected chi connectivity index (χ0v) is 12.4. The molecule has 0 aliphatic carbocycles. The molecule has 1 amide bonds. The van der Waals surface area contributed by atoms with Gasteiger partial charge in [-0.3, -0.25) is 4.79 Å². The summed E-state index contributed by atoms with van der Waals surface area (Å²) in [4.78, 5) is 13.4. The van der Waals surface area contributed by atoms with E-state index >= 15 is 0 Å². The minimum absolute atomic E-state index is 0.0484. The molecule has 3 nitrogen and oxygen atoms in total. The van der Waals surface area contributed by atoms with Gasteiger partial charge < -0.3 is 10.2 Å². The molecule has 0 spiro atoms. The third kappa shape index (κ3) is 3.79. The Morgan fingerprint density at radius 2 is 2.19 bits per heavy atom. The topological polar surface area (TPSA) is 32.3 Å². The van der Waals surface area contributed by atoms with Crippen molar-refractivity contribution >= 4 is 49.1 Å². The van der Waals surface area contributed by atoms with E-state index in [9.17, 15) is 4.79 Å². The Hall–Kier alpha value is -0.550. The normalized spacial score (nSPS) is 12.0. The van der Waals surface area contributed by atoms with Gasteiger partial charge in [-0.25, -0.2) is 0 Å². The number of benzene rings is 1. The number of amides is 1. The van der Waals surface area contributed by atoms with Crippen molar-refractivity contribution in [2.75, 3.05) is 29.6 Å². The van der Waals surface area contributed by atoms with Gasteiger partial charge in [0.1, 0.15) is 4.83 Å². The van der Waals surface area contributed by atoms with Gasteiger partial charge in [0.05, 0.1) is 0 Å². The van der Waals surface area contributed by atoms with E-state index in [1.807, 2.05) is 43.3 Å². The first-order chi connectivity index (χ1) is 7.54. The quantitative estimate of drug-likeness (QED) is 0.848. The molecule has 0 heterocycles. The number of halogens is 2. The van der Waals surface area contributed by atoms with Crippen LogP contribution in [-0.2, 0) is 4.79 Å². The maximum atomic E-state index is 11.6. The molecule has 1 atom stereocenters. The van der Waals surface area contributed by atoms with Crippen molar-refractivity contribution < 1.29 is 4.79 Å². The Bertz CT molecular complexity index is 369. The Labute approximate surface area is 112 Å². The van der Waals surface area contributed by atoms with Crippen molar-refractivity contribution in [3.8, 4) is 0 Å². The monoisotopic (exact) mass is 348 g/mol. The molecule has 0 saturated heterocycles. The molecule has 0 radical (unpaired) electrons. The highest BCUT2D eigenvalue weighted by Crippen LogP contribution is 2.18. The first kappa shape index (κ1) is 13.5. The third-order valence-corrected chi connectivity index (χ3v) is 4.31. The van der Waals surface area contributed by atoms with E-state index in [-0.39, 0.29) is 10.7 Å². The van der Waals surface area contributed by atoms with E-state index in [4.69, 9.17) is 0 Å². The van der Waals surface area contributed by atoms with Crippen LogP contribution in [-0.4, -0.2) is 30.2 Å². The zero-order valence-electron chi connectivity index (χ0n) is 9.21. The van der Waals surface area contributed by atoms with Crippen molar-refractivity contribution in [3.05, 3.63) is 24.3 Å². The maximum Gasteiger partial charge on any atom is 0.239 e. The first-order valence-corrected chi connectivity index (χ1v) is 6.86. The van der Waals surface area contributed by atoms with Gasteiger partial charge in [-0.15, -0.1) is 0 Å². The largest absolute Gasteiger partial charge is 0.378 e. The fraction of sp³-hybridized carbons (Fsp3) is 0.364. The van der Waals surface area contributed by atoms with Crippen LogP contribution in [0.5, 0.6) is 0 Å². The van der Waals surface area contributed by atoms with Crippen molar-refractivity contribution in [1.29, 1.82) is 0 Å². The average Bonchev–Trinajstić information content (AvgIpc) is 2.28. The highest BCUT2D eigenvalue weighted by atomic mass is 79.9. The SMILES string of the molecule is CN(C)c1cccc(NC(=O)C(Br)CBr)c1. The molecule has 1 aromatic rings. The molecule has 0 bridgehead atoms. The number of hydrogen-bond donors (Lipinski definition) is 1. The molecule has 1 aromatic carbocycles. The minimum Gasteiger partial charge on any atom is -0.378 e. The van der Waals surface area contributed by atoms with Crippen LogP contribution in [0.2, 0.25) is 0 Å². The van der Waals surface area contributed by atoms with E-state index in [0.717, 1.165) is 11.4 Å². The van der Waals surface area contributed by atoms with Gasteiger partial charge in [0, 0.05) is 30.8 Å². The molecule has 88 valence electrons. The average molecular weight is 350 g/mol.